The number of amides is 4. The molecular formula is C19H21N5O4. The first-order valence-corrected chi connectivity index (χ1v) is 8.85. The van der Waals surface area contributed by atoms with Gasteiger partial charge in [0.1, 0.15) is 0 Å². The van der Waals surface area contributed by atoms with Crippen LogP contribution in [0, 0.1) is 5.92 Å². The van der Waals surface area contributed by atoms with E-state index in [1.165, 1.54) is 18.3 Å². The molecule has 9 nitrogen and oxygen atoms in total. The monoisotopic (exact) mass is 383 g/mol. The second-order valence-corrected chi connectivity index (χ2v) is 6.63. The van der Waals surface area contributed by atoms with Gasteiger partial charge in [-0.15, -0.1) is 0 Å². The van der Waals surface area contributed by atoms with Gasteiger partial charge in [0.15, 0.2) is 0 Å². The van der Waals surface area contributed by atoms with E-state index in [4.69, 9.17) is 5.73 Å². The van der Waals surface area contributed by atoms with Crippen LogP contribution in [0.1, 0.15) is 27.1 Å². The van der Waals surface area contributed by atoms with Crippen LogP contribution in [0.15, 0.2) is 47.4 Å². The number of pyridine rings is 1. The Morgan fingerprint density at radius 3 is 2.75 bits per heavy atom. The number of nitrogens with two attached hydrogens (primary N) is 1. The Bertz CT molecular complexity index is 955. The molecule has 28 heavy (non-hydrogen) atoms. The van der Waals surface area contributed by atoms with E-state index in [9.17, 15) is 19.2 Å². The molecule has 1 aromatic carbocycles. The van der Waals surface area contributed by atoms with Gasteiger partial charge in [0.05, 0.1) is 0 Å². The largest absolute Gasteiger partial charge is 0.352 e. The van der Waals surface area contributed by atoms with E-state index in [1.807, 2.05) is 0 Å². The van der Waals surface area contributed by atoms with E-state index in [0.29, 0.717) is 36.4 Å². The van der Waals surface area contributed by atoms with Crippen LogP contribution in [0.4, 0.5) is 10.5 Å². The topological polar surface area (TPSA) is 137 Å². The van der Waals surface area contributed by atoms with Crippen molar-refractivity contribution >= 4 is 23.5 Å². The summed E-state index contributed by atoms with van der Waals surface area (Å²) in [6.45, 7) is 1.50. The number of hydrogen-bond donors (Lipinski definition) is 4. The molecule has 9 heteroatoms. The smallest absolute Gasteiger partial charge is 0.316 e. The number of rotatable bonds is 5. The van der Waals surface area contributed by atoms with Gasteiger partial charge in [0, 0.05) is 48.7 Å². The average Bonchev–Trinajstić information content (AvgIpc) is 3.14. The van der Waals surface area contributed by atoms with Gasteiger partial charge in [-0.2, -0.15) is 0 Å². The van der Waals surface area contributed by atoms with E-state index in [2.05, 4.69) is 15.6 Å². The summed E-state index contributed by atoms with van der Waals surface area (Å²) in [6.07, 6.45) is 2.21. The molecule has 1 aromatic heterocycles. The minimum absolute atomic E-state index is 0.127. The fourth-order valence-electron chi connectivity index (χ4n) is 3.16. The molecule has 1 unspecified atom stereocenters. The second-order valence-electron chi connectivity index (χ2n) is 6.63. The van der Waals surface area contributed by atoms with Crippen LogP contribution in [0.25, 0.3) is 0 Å². The van der Waals surface area contributed by atoms with Crippen LogP contribution in [-0.4, -0.2) is 47.4 Å². The lowest BCUT2D eigenvalue weighted by Gasteiger charge is -2.17. The summed E-state index contributed by atoms with van der Waals surface area (Å²) in [5.74, 6) is -0.334. The van der Waals surface area contributed by atoms with E-state index in [-0.39, 0.29) is 23.3 Å². The van der Waals surface area contributed by atoms with Crippen LogP contribution in [0.3, 0.4) is 0 Å². The summed E-state index contributed by atoms with van der Waals surface area (Å²) in [5, 5.41) is 5.28. The van der Waals surface area contributed by atoms with Crippen molar-refractivity contribution in [2.24, 2.45) is 11.7 Å². The standard InChI is InChI=1S/C19H21N5O4/c20-19(28)23-15-3-1-2-13(8-15)17(26)22-10-12-5-7-24(11-12)18(27)14-4-6-21-16(25)9-14/h1-4,6,8-9,12H,5,7,10-11H2,(H,21,25)(H,22,26)(H3,20,23,28). The maximum atomic E-state index is 12.5. The number of carbonyl (C=O) groups is 3. The number of anilines is 1. The first kappa shape index (κ1) is 19.2. The molecule has 4 amide bonds. The van der Waals surface area contributed by atoms with Gasteiger partial charge in [-0.3, -0.25) is 14.4 Å². The first-order valence-electron chi connectivity index (χ1n) is 8.85. The molecule has 5 N–H and O–H groups in total. The summed E-state index contributed by atoms with van der Waals surface area (Å²) in [7, 11) is 0. The minimum atomic E-state index is -0.700. The van der Waals surface area contributed by atoms with Crippen LogP contribution < -0.4 is 21.9 Å². The average molecular weight is 383 g/mol. The quantitative estimate of drug-likeness (QED) is 0.605. The molecule has 1 atom stereocenters. The van der Waals surface area contributed by atoms with Crippen molar-refractivity contribution in [3.05, 3.63) is 64.1 Å². The highest BCUT2D eigenvalue weighted by Gasteiger charge is 2.27. The molecule has 1 fully saturated rings. The molecule has 1 aliphatic rings. The maximum absolute atomic E-state index is 12.5. The Kier molecular flexibility index (Phi) is 5.73. The third-order valence-corrected chi connectivity index (χ3v) is 4.54. The lowest BCUT2D eigenvalue weighted by Crippen LogP contribution is -2.33. The molecule has 0 saturated carbocycles. The Morgan fingerprint density at radius 2 is 2.00 bits per heavy atom. The van der Waals surface area contributed by atoms with Gasteiger partial charge in [-0.1, -0.05) is 6.07 Å². The minimum Gasteiger partial charge on any atom is -0.352 e. The summed E-state index contributed by atoms with van der Waals surface area (Å²) in [5.41, 5.74) is 5.96. The second kappa shape index (κ2) is 8.38. The number of benzene rings is 1. The van der Waals surface area contributed by atoms with Crippen molar-refractivity contribution in [1.82, 2.24) is 15.2 Å². The number of carbonyl (C=O) groups excluding carboxylic acids is 3. The van der Waals surface area contributed by atoms with E-state index in [0.717, 1.165) is 6.42 Å². The van der Waals surface area contributed by atoms with Crippen molar-refractivity contribution in [2.45, 2.75) is 6.42 Å². The molecular weight excluding hydrogens is 362 g/mol. The van der Waals surface area contributed by atoms with Crippen molar-refractivity contribution in [1.29, 1.82) is 0 Å². The fourth-order valence-corrected chi connectivity index (χ4v) is 3.16. The van der Waals surface area contributed by atoms with Gasteiger partial charge in [-0.25, -0.2) is 4.79 Å². The Labute approximate surface area is 160 Å². The summed E-state index contributed by atoms with van der Waals surface area (Å²) in [4.78, 5) is 51.3. The van der Waals surface area contributed by atoms with Crippen molar-refractivity contribution in [3.63, 3.8) is 0 Å². The Morgan fingerprint density at radius 1 is 1.18 bits per heavy atom. The number of aromatic amines is 1. The predicted molar refractivity (Wildman–Crippen MR) is 103 cm³/mol. The van der Waals surface area contributed by atoms with Gasteiger partial charge >= 0.3 is 6.03 Å². The SMILES string of the molecule is NC(=O)Nc1cccc(C(=O)NCC2CCN(C(=O)c3cc[nH]c(=O)c3)C2)c1. The molecule has 1 aliphatic heterocycles. The molecule has 3 rings (SSSR count). The van der Waals surface area contributed by atoms with E-state index in [1.54, 1.807) is 29.2 Å². The van der Waals surface area contributed by atoms with Crippen molar-refractivity contribution in [3.8, 4) is 0 Å². The lowest BCUT2D eigenvalue weighted by atomic mass is 10.1. The number of aromatic nitrogens is 1. The number of primary amides is 1. The van der Waals surface area contributed by atoms with Gasteiger partial charge in [0.2, 0.25) is 5.56 Å². The molecule has 1 saturated heterocycles. The zero-order valence-corrected chi connectivity index (χ0v) is 15.1. The molecule has 0 bridgehead atoms. The number of nitrogens with one attached hydrogen (secondary N) is 3. The number of hydrogen-bond acceptors (Lipinski definition) is 4. The zero-order valence-electron chi connectivity index (χ0n) is 15.1. The zero-order chi connectivity index (χ0) is 20.1. The molecule has 146 valence electrons. The van der Waals surface area contributed by atoms with E-state index < -0.39 is 6.03 Å². The number of urea groups is 1. The maximum Gasteiger partial charge on any atom is 0.316 e. The van der Waals surface area contributed by atoms with Crippen LogP contribution in [-0.2, 0) is 0 Å². The first-order chi connectivity index (χ1) is 13.4. The lowest BCUT2D eigenvalue weighted by molar-refractivity contribution is 0.0787. The Hall–Kier alpha value is -3.62. The van der Waals surface area contributed by atoms with Crippen LogP contribution in [0.5, 0.6) is 0 Å². The highest BCUT2D eigenvalue weighted by atomic mass is 16.2. The van der Waals surface area contributed by atoms with Gasteiger partial charge < -0.3 is 26.3 Å². The molecule has 0 aliphatic carbocycles. The molecule has 2 heterocycles. The predicted octanol–water partition coefficient (Wildman–Crippen LogP) is 0.758. The number of nitrogens with zero attached hydrogens (tertiary/aromatic N) is 1. The van der Waals surface area contributed by atoms with Crippen molar-refractivity contribution in [2.75, 3.05) is 25.0 Å². The summed E-state index contributed by atoms with van der Waals surface area (Å²) < 4.78 is 0. The van der Waals surface area contributed by atoms with Crippen molar-refractivity contribution < 1.29 is 14.4 Å². The fraction of sp³-hybridized carbons (Fsp3) is 0.263. The highest BCUT2D eigenvalue weighted by molar-refractivity contribution is 5.96. The third kappa shape index (κ3) is 4.76. The summed E-state index contributed by atoms with van der Waals surface area (Å²) in [6, 6.07) is 8.62. The normalized spacial score (nSPS) is 15.9. The van der Waals surface area contributed by atoms with Crippen LogP contribution >= 0.6 is 0 Å². The number of likely N-dealkylation sites (tertiary alicyclic amines) is 1. The van der Waals surface area contributed by atoms with Crippen LogP contribution in [0.2, 0.25) is 0 Å². The molecule has 0 radical (unpaired) electrons. The number of H-pyrrole nitrogens is 1. The molecule has 0 spiro atoms. The van der Waals surface area contributed by atoms with E-state index >= 15 is 0 Å². The van der Waals surface area contributed by atoms with Gasteiger partial charge in [0.25, 0.3) is 11.8 Å². The molecule has 2 aromatic rings. The van der Waals surface area contributed by atoms with Gasteiger partial charge in [-0.05, 0) is 36.6 Å². The highest BCUT2D eigenvalue weighted by Crippen LogP contribution is 2.18. The Balaban J connectivity index is 1.53. The third-order valence-electron chi connectivity index (χ3n) is 4.54. The summed E-state index contributed by atoms with van der Waals surface area (Å²) >= 11 is 0.